The number of nitrogens with one attached hydrogen (secondary N) is 5. The summed E-state index contributed by atoms with van der Waals surface area (Å²) in [5, 5.41) is 72.2. The quantitative estimate of drug-likeness (QED) is 0.0163. The average Bonchev–Trinajstić information content (AvgIpc) is 0.822. The molecule has 560 valence electrons. The summed E-state index contributed by atoms with van der Waals surface area (Å²) in [6.45, 7) is 18.0. The van der Waals surface area contributed by atoms with Crippen LogP contribution in [0.2, 0.25) is 0 Å². The van der Waals surface area contributed by atoms with E-state index in [1.165, 1.54) is 6.07 Å². The second-order valence-corrected chi connectivity index (χ2v) is 26.6. The van der Waals surface area contributed by atoms with Crippen molar-refractivity contribution in [3.05, 3.63) is 247 Å². The number of carbonyl (C=O) groups is 5. The van der Waals surface area contributed by atoms with Crippen LogP contribution < -0.4 is 32.3 Å². The van der Waals surface area contributed by atoms with Gasteiger partial charge in [0.2, 0.25) is 0 Å². The maximum Gasteiger partial charge on any atom is 0.407 e. The number of aliphatic hydroxyl groups excluding tert-OH is 3. The minimum Gasteiger partial charge on any atom is -0.444 e. The van der Waals surface area contributed by atoms with Gasteiger partial charge in [0.1, 0.15) is 52.4 Å². The van der Waals surface area contributed by atoms with E-state index >= 15 is 0 Å². The summed E-state index contributed by atoms with van der Waals surface area (Å²) >= 11 is 0. The number of aldehydes is 1. The van der Waals surface area contributed by atoms with Gasteiger partial charge in [-0.2, -0.15) is 15.8 Å². The van der Waals surface area contributed by atoms with Crippen LogP contribution in [0.1, 0.15) is 149 Å². The first-order valence-electron chi connectivity index (χ1n) is 33.8. The molecule has 6 atom stereocenters. The topological polar surface area (TPSA) is 325 Å². The van der Waals surface area contributed by atoms with E-state index in [9.17, 15) is 65.6 Å². The molecule has 26 heteroatoms. The second-order valence-electron chi connectivity index (χ2n) is 26.6. The third-order valence-electron chi connectivity index (χ3n) is 15.0. The van der Waals surface area contributed by atoms with E-state index in [2.05, 4.69) is 38.7 Å². The number of hydrogen-bond donors (Lipinski definition) is 9. The maximum atomic E-state index is 13.9. The van der Waals surface area contributed by atoms with Crippen molar-refractivity contribution in [2.45, 2.75) is 155 Å². The second kappa shape index (κ2) is 43.6. The van der Waals surface area contributed by atoms with E-state index < -0.39 is 101 Å². The summed E-state index contributed by atoms with van der Waals surface area (Å²) < 4.78 is 91.8. The summed E-state index contributed by atoms with van der Waals surface area (Å²) in [6.07, 6.45) is -2.42. The van der Waals surface area contributed by atoms with Gasteiger partial charge < -0.3 is 62.0 Å². The lowest BCUT2D eigenvalue weighted by atomic mass is 9.99. The van der Waals surface area contributed by atoms with Crippen LogP contribution in [-0.2, 0) is 41.8 Å². The molecule has 4 amide bonds. The van der Waals surface area contributed by atoms with E-state index in [-0.39, 0.29) is 55.9 Å². The smallest absolute Gasteiger partial charge is 0.407 e. The van der Waals surface area contributed by atoms with Gasteiger partial charge in [-0.1, -0.05) is 50.2 Å². The number of nitrogens with zero attached hydrogens (tertiary/aromatic N) is 4. The predicted molar refractivity (Wildman–Crippen MR) is 385 cm³/mol. The summed E-state index contributed by atoms with van der Waals surface area (Å²) in [5.74, 6) is -5.13. The van der Waals surface area contributed by atoms with Crippen LogP contribution in [0.3, 0.4) is 0 Å². The summed E-state index contributed by atoms with van der Waals surface area (Å²) in [7, 11) is 0. The van der Waals surface area contributed by atoms with Gasteiger partial charge >= 0.3 is 12.2 Å². The molecule has 0 radical (unpaired) electrons. The van der Waals surface area contributed by atoms with Gasteiger partial charge in [-0.3, -0.25) is 14.4 Å². The van der Waals surface area contributed by atoms with Crippen molar-refractivity contribution in [2.75, 3.05) is 32.7 Å². The molecular weight excluding hydrogens is 1360 g/mol. The molecule has 0 saturated carbocycles. The molecule has 0 aliphatic heterocycles. The van der Waals surface area contributed by atoms with E-state index in [1.807, 2.05) is 32.0 Å². The predicted octanol–water partition coefficient (Wildman–Crippen LogP) is 11.4. The number of hydrogen-bond acceptors (Lipinski definition) is 16. The lowest BCUT2D eigenvalue weighted by Gasteiger charge is -2.27. The Morgan fingerprint density at radius 1 is 0.505 bits per heavy atom. The Balaban J connectivity index is 0.000000324. The van der Waals surface area contributed by atoms with Crippen molar-refractivity contribution in [1.29, 1.82) is 15.8 Å². The van der Waals surface area contributed by atoms with Crippen LogP contribution in [0, 0.1) is 75.8 Å². The maximum absolute atomic E-state index is 13.9. The molecule has 0 aliphatic carbocycles. The van der Waals surface area contributed by atoms with E-state index in [1.54, 1.807) is 126 Å². The number of amides is 4. The lowest BCUT2D eigenvalue weighted by Crippen LogP contribution is -2.49. The molecule has 0 saturated heterocycles. The molecule has 7 aromatic rings. The van der Waals surface area contributed by atoms with Crippen LogP contribution in [0.25, 0.3) is 0 Å². The zero-order valence-corrected chi connectivity index (χ0v) is 60.2. The van der Waals surface area contributed by atoms with Crippen molar-refractivity contribution < 1.29 is 75.1 Å². The highest BCUT2D eigenvalue weighted by Gasteiger charge is 2.29. The molecule has 0 heterocycles. The van der Waals surface area contributed by atoms with Gasteiger partial charge in [0, 0.05) is 80.7 Å². The molecule has 7 rings (SSSR count). The fourth-order valence-corrected chi connectivity index (χ4v) is 10.4. The third kappa shape index (κ3) is 33.2. The Bertz CT molecular complexity index is 4070. The van der Waals surface area contributed by atoms with Crippen LogP contribution in [0.5, 0.6) is 0 Å². The zero-order chi connectivity index (χ0) is 78.0. The molecule has 20 nitrogen and oxygen atoms in total. The molecule has 0 aliphatic rings. The summed E-state index contributed by atoms with van der Waals surface area (Å²) in [4.78, 5) is 62.6. The normalized spacial score (nSPS) is 12.6. The fourth-order valence-electron chi connectivity index (χ4n) is 10.4. The molecule has 0 bridgehead atoms. The lowest BCUT2D eigenvalue weighted by molar-refractivity contribution is 0.0417. The highest BCUT2D eigenvalue weighted by Crippen LogP contribution is 2.20. The number of ether oxygens (including phenoxy) is 2. The van der Waals surface area contributed by atoms with Gasteiger partial charge in [0.25, 0.3) is 11.8 Å². The number of aliphatic hydroxyl groups is 3. The van der Waals surface area contributed by atoms with Crippen molar-refractivity contribution in [3.8, 4) is 18.2 Å². The Morgan fingerprint density at radius 2 is 0.867 bits per heavy atom. The Kier molecular flexibility index (Phi) is 36.1. The van der Waals surface area contributed by atoms with E-state index in [4.69, 9.17) is 31.0 Å². The summed E-state index contributed by atoms with van der Waals surface area (Å²) in [5.41, 5.74) is 9.98. The molecule has 0 fully saturated rings. The Morgan fingerprint density at radius 3 is 1.23 bits per heavy atom. The standard InChI is InChI=1S/C33H38F2N4O3.C23H27F2N3O3.C15H22F2N2O3.C8H5NO/c1-4-9-39(10-5-2)33(42)27-12-22(3)11-26(17-27)32(41)38-30(16-25-14-28(34)18-29(35)15-25)31(40)21-37-20-24-8-6-7-23(13-24)19-36;1-23(2,3)31-22(30)28-20(10-17-8-18(24)11-19(25)9-17)21(29)14-27-13-16-6-4-5-15(7-16)12-26;1-15(2,3)22-14(21)19-12(13(20)8-18)6-9-4-10(16)7-11(17)5-9;9-5-7-2-1-3-8(4-7)6-10/h6-8,11-15,17-18,30-31,37,40H,4-5,9-10,16,20-21H2,1-3H3,(H,38,41);4-9,11,20-21,27,29H,10,13-14H2,1-3H3,(H,28,30);4-5,7,12-13,20H,6,8,18H2,1-3H3,(H,19,21);1-4,6H/t30-,31+;20-,21+;12-,13+;/m000./s1. The Labute approximate surface area is 609 Å². The van der Waals surface area contributed by atoms with Gasteiger partial charge in [-0.25, -0.2) is 35.9 Å². The first-order valence-corrected chi connectivity index (χ1v) is 33.8. The van der Waals surface area contributed by atoms with Crippen molar-refractivity contribution in [2.24, 2.45) is 5.73 Å². The van der Waals surface area contributed by atoms with Crippen molar-refractivity contribution >= 4 is 30.3 Å². The minimum atomic E-state index is -1.13. The molecular formula is C79H92F6N10O10. The molecule has 105 heavy (non-hydrogen) atoms. The highest BCUT2D eigenvalue weighted by atomic mass is 19.2. The molecule has 7 aromatic carbocycles. The van der Waals surface area contributed by atoms with Gasteiger partial charge in [0.05, 0.1) is 71.3 Å². The number of halogens is 6. The molecule has 0 unspecified atom stereocenters. The fraction of sp³-hybridized carbons (Fsp3) is 0.367. The number of carbonyl (C=O) groups excluding carboxylic acids is 5. The first-order chi connectivity index (χ1) is 49.6. The number of benzene rings is 7. The van der Waals surface area contributed by atoms with Gasteiger partial charge in [-0.15, -0.1) is 0 Å². The van der Waals surface area contributed by atoms with Crippen molar-refractivity contribution in [1.82, 2.24) is 31.5 Å². The average molecular weight is 1460 g/mol. The Hall–Kier alpha value is -10.5. The number of rotatable bonds is 28. The number of nitriles is 3. The highest BCUT2D eigenvalue weighted by molar-refractivity contribution is 6.00. The van der Waals surface area contributed by atoms with Gasteiger partial charge in [-0.05, 0) is 205 Å². The van der Waals surface area contributed by atoms with Crippen LogP contribution in [-0.4, -0.2) is 131 Å². The monoisotopic (exact) mass is 1450 g/mol. The third-order valence-corrected chi connectivity index (χ3v) is 15.0. The van der Waals surface area contributed by atoms with Crippen LogP contribution in [0.15, 0.2) is 146 Å². The van der Waals surface area contributed by atoms with Gasteiger partial charge in [0.15, 0.2) is 0 Å². The number of alkyl carbamates (subject to hydrolysis) is 2. The number of nitrogens with two attached hydrogens (primary N) is 1. The molecule has 0 spiro atoms. The van der Waals surface area contributed by atoms with Crippen molar-refractivity contribution in [3.63, 3.8) is 0 Å². The summed E-state index contributed by atoms with van der Waals surface area (Å²) in [6, 6.07) is 38.2. The van der Waals surface area contributed by atoms with E-state index in [0.29, 0.717) is 65.1 Å². The SMILES string of the molecule is CC(C)(C)OC(=O)N[C@@H](Cc1cc(F)cc(F)c1)[C@H](O)CN.CC(C)(C)OC(=O)N[C@@H](Cc1cc(F)cc(F)c1)[C@H](O)CNCc1cccc(C#N)c1.CCCN(CCC)C(=O)c1cc(C)cc(C(=O)N[C@@H](Cc2cc(F)cc(F)c2)[C@H](O)CNCc2cccc(C#N)c2)c1.N#Cc1cccc(C=O)c1. The van der Waals surface area contributed by atoms with Crippen LogP contribution >= 0.6 is 0 Å². The molecule has 10 N–H and O–H groups in total. The molecule has 0 aromatic heterocycles. The largest absolute Gasteiger partial charge is 0.444 e. The first kappa shape index (κ1) is 86.9. The number of aryl methyl sites for hydroxylation is 1. The zero-order valence-electron chi connectivity index (χ0n) is 60.2. The minimum absolute atomic E-state index is 0.000682. The van der Waals surface area contributed by atoms with Crippen LogP contribution in [0.4, 0.5) is 35.9 Å². The van der Waals surface area contributed by atoms with E-state index in [0.717, 1.165) is 90.4 Å².